The molecule has 0 amide bonds. The van der Waals surface area contributed by atoms with E-state index >= 15 is 0 Å². The first-order valence-electron chi connectivity index (χ1n) is 11.4. The summed E-state index contributed by atoms with van der Waals surface area (Å²) in [5, 5.41) is 0. The Hall–Kier alpha value is -2.53. The molecule has 162 valence electrons. The van der Waals surface area contributed by atoms with Gasteiger partial charge in [0.25, 0.3) is 0 Å². The molecule has 2 aromatic carbocycles. The molecule has 2 aliphatic carbocycles. The van der Waals surface area contributed by atoms with Crippen molar-refractivity contribution in [1.82, 2.24) is 4.90 Å². The molecule has 31 heavy (non-hydrogen) atoms. The van der Waals surface area contributed by atoms with Crippen molar-refractivity contribution in [3.8, 4) is 17.2 Å². The third-order valence-electron chi connectivity index (χ3n) is 8.27. The summed E-state index contributed by atoms with van der Waals surface area (Å²) in [5.74, 6) is 3.03. The first kappa shape index (κ1) is 19.2. The van der Waals surface area contributed by atoms with Crippen molar-refractivity contribution in [3.05, 3.63) is 53.1 Å². The van der Waals surface area contributed by atoms with Crippen molar-refractivity contribution in [1.29, 1.82) is 0 Å². The van der Waals surface area contributed by atoms with Crippen molar-refractivity contribution in [2.75, 3.05) is 27.3 Å². The number of hydrogen-bond donors (Lipinski definition) is 0. The number of piperidine rings is 1. The van der Waals surface area contributed by atoms with Crippen molar-refractivity contribution >= 4 is 5.78 Å². The molecule has 2 heterocycles. The van der Waals surface area contributed by atoms with Crippen molar-refractivity contribution in [2.45, 2.75) is 49.7 Å². The molecule has 2 aromatic rings. The second-order valence-electron chi connectivity index (χ2n) is 9.41. The molecular weight excluding hydrogens is 390 g/mol. The third-order valence-corrected chi connectivity index (χ3v) is 8.27. The maximum absolute atomic E-state index is 13.1. The highest BCUT2D eigenvalue weighted by Gasteiger charge is 2.66. The molecule has 1 saturated carbocycles. The van der Waals surface area contributed by atoms with Gasteiger partial charge in [0.1, 0.15) is 5.75 Å². The molecule has 6 rings (SSSR count). The van der Waals surface area contributed by atoms with E-state index in [9.17, 15) is 4.79 Å². The summed E-state index contributed by atoms with van der Waals surface area (Å²) in [6.45, 7) is 2.04. The molecule has 0 N–H and O–H groups in total. The normalized spacial score (nSPS) is 30.5. The molecule has 1 saturated heterocycles. The van der Waals surface area contributed by atoms with Crippen molar-refractivity contribution in [3.63, 3.8) is 0 Å². The number of likely N-dealkylation sites (tertiary alicyclic amines) is 1. The molecule has 2 aliphatic heterocycles. The van der Waals surface area contributed by atoms with E-state index in [0.717, 1.165) is 50.3 Å². The fourth-order valence-corrected chi connectivity index (χ4v) is 6.98. The van der Waals surface area contributed by atoms with Gasteiger partial charge in [-0.1, -0.05) is 30.3 Å². The average molecular weight is 420 g/mol. The Morgan fingerprint density at radius 2 is 1.97 bits per heavy atom. The lowest BCUT2D eigenvalue weighted by Gasteiger charge is -2.57. The minimum atomic E-state index is -0.375. The summed E-state index contributed by atoms with van der Waals surface area (Å²) in [6, 6.07) is 13.1. The standard InChI is InChI=1S/C26H29NO4/c1-29-21-15-22(30-2)24-23-17(21)14-19-18-8-9-20(28)25(31-24)26(18,23)11-13-27(19)12-10-16-6-4-3-5-7-16/h3-7,15,18-19,25H,8-14H2,1-2H3/t18-,19+,25-,26-/m0/s1. The van der Waals surface area contributed by atoms with Crippen LogP contribution in [-0.4, -0.2) is 50.1 Å². The molecule has 2 bridgehead atoms. The summed E-state index contributed by atoms with van der Waals surface area (Å²) >= 11 is 0. The van der Waals surface area contributed by atoms with E-state index < -0.39 is 0 Å². The second-order valence-corrected chi connectivity index (χ2v) is 9.41. The molecule has 0 radical (unpaired) electrons. The number of carbonyl (C=O) groups excluding carboxylic acids is 1. The zero-order chi connectivity index (χ0) is 21.2. The Bertz CT molecular complexity index is 1040. The fourth-order valence-electron chi connectivity index (χ4n) is 6.98. The Kier molecular flexibility index (Phi) is 4.32. The maximum Gasteiger partial charge on any atom is 0.174 e. The number of Topliss-reactive ketones (excluding diaryl/α,β-unsaturated/α-hetero) is 1. The summed E-state index contributed by atoms with van der Waals surface area (Å²) < 4.78 is 17.9. The monoisotopic (exact) mass is 419 g/mol. The lowest BCUT2D eigenvalue weighted by atomic mass is 9.51. The van der Waals surface area contributed by atoms with E-state index in [1.165, 1.54) is 16.7 Å². The van der Waals surface area contributed by atoms with E-state index in [1.807, 2.05) is 6.07 Å². The topological polar surface area (TPSA) is 48.0 Å². The van der Waals surface area contributed by atoms with Gasteiger partial charge in [0.05, 0.1) is 14.2 Å². The largest absolute Gasteiger partial charge is 0.496 e. The van der Waals surface area contributed by atoms with Gasteiger partial charge in [0.15, 0.2) is 23.4 Å². The summed E-state index contributed by atoms with van der Waals surface area (Å²) in [4.78, 5) is 15.7. The minimum absolute atomic E-state index is 0.228. The molecule has 4 atom stereocenters. The number of ether oxygens (including phenoxy) is 3. The van der Waals surface area contributed by atoms with E-state index in [-0.39, 0.29) is 17.3 Å². The molecule has 0 aromatic heterocycles. The Morgan fingerprint density at radius 3 is 2.74 bits per heavy atom. The average Bonchev–Trinajstić information content (AvgIpc) is 3.15. The van der Waals surface area contributed by atoms with Crippen LogP contribution >= 0.6 is 0 Å². The molecule has 0 unspecified atom stereocenters. The zero-order valence-corrected chi connectivity index (χ0v) is 18.2. The van der Waals surface area contributed by atoms with Gasteiger partial charge in [-0.25, -0.2) is 0 Å². The molecule has 1 spiro atoms. The number of methoxy groups -OCH3 is 2. The Labute approximate surface area is 183 Å². The summed E-state index contributed by atoms with van der Waals surface area (Å²) in [6.07, 6.45) is 4.14. The lowest BCUT2D eigenvalue weighted by molar-refractivity contribution is -0.138. The predicted molar refractivity (Wildman–Crippen MR) is 117 cm³/mol. The molecule has 5 nitrogen and oxygen atoms in total. The van der Waals surface area contributed by atoms with Gasteiger partial charge in [0.2, 0.25) is 0 Å². The van der Waals surface area contributed by atoms with Crippen molar-refractivity contribution in [2.24, 2.45) is 5.92 Å². The van der Waals surface area contributed by atoms with Crippen LogP contribution in [0.15, 0.2) is 36.4 Å². The highest BCUT2D eigenvalue weighted by molar-refractivity contribution is 5.89. The lowest BCUT2D eigenvalue weighted by Crippen LogP contribution is -2.66. The maximum atomic E-state index is 13.1. The first-order valence-corrected chi connectivity index (χ1v) is 11.4. The van der Waals surface area contributed by atoms with Gasteiger partial charge in [-0.2, -0.15) is 0 Å². The molecule has 4 aliphatic rings. The van der Waals surface area contributed by atoms with E-state index in [1.54, 1.807) is 14.2 Å². The van der Waals surface area contributed by atoms with Crippen LogP contribution in [0.25, 0.3) is 0 Å². The SMILES string of the molecule is COc1cc(OC)c2c3c1C[C@@H]1[C@@H]4CCC(=O)[C@H](O2)[C@]34CCN1CCc1ccccc1. The van der Waals surface area contributed by atoms with Crippen LogP contribution in [0.2, 0.25) is 0 Å². The molecular formula is C26H29NO4. The Balaban J connectivity index is 1.43. The molecule has 5 heteroatoms. The Morgan fingerprint density at radius 1 is 1.16 bits per heavy atom. The number of carbonyl (C=O) groups is 1. The highest BCUT2D eigenvalue weighted by Crippen LogP contribution is 2.64. The fraction of sp³-hybridized carbons (Fsp3) is 0.500. The van der Waals surface area contributed by atoms with Gasteiger partial charge >= 0.3 is 0 Å². The van der Waals surface area contributed by atoms with Crippen LogP contribution in [0.4, 0.5) is 0 Å². The van der Waals surface area contributed by atoms with Crippen LogP contribution in [0.5, 0.6) is 17.2 Å². The first-order chi connectivity index (χ1) is 15.2. The zero-order valence-electron chi connectivity index (χ0n) is 18.2. The molecule has 2 fully saturated rings. The van der Waals surface area contributed by atoms with Gasteiger partial charge in [0, 0.05) is 41.6 Å². The minimum Gasteiger partial charge on any atom is -0.496 e. The highest BCUT2D eigenvalue weighted by atomic mass is 16.5. The number of rotatable bonds is 5. The van der Waals surface area contributed by atoms with Gasteiger partial charge in [-0.15, -0.1) is 0 Å². The summed E-state index contributed by atoms with van der Waals surface area (Å²) in [7, 11) is 3.39. The van der Waals surface area contributed by atoms with Gasteiger partial charge in [-0.05, 0) is 43.7 Å². The summed E-state index contributed by atoms with van der Waals surface area (Å²) in [5.41, 5.74) is 3.59. The van der Waals surface area contributed by atoms with Crippen LogP contribution in [-0.2, 0) is 23.1 Å². The predicted octanol–water partition coefficient (Wildman–Crippen LogP) is 3.55. The van der Waals surface area contributed by atoms with Crippen LogP contribution < -0.4 is 14.2 Å². The smallest absolute Gasteiger partial charge is 0.174 e. The van der Waals surface area contributed by atoms with E-state index in [4.69, 9.17) is 14.2 Å². The number of ketones is 1. The number of hydrogen-bond acceptors (Lipinski definition) is 5. The third kappa shape index (κ3) is 2.56. The van der Waals surface area contributed by atoms with Gasteiger partial charge in [-0.3, -0.25) is 9.69 Å². The number of nitrogens with zero attached hydrogens (tertiary/aromatic N) is 1. The quantitative estimate of drug-likeness (QED) is 0.742. The second kappa shape index (κ2) is 6.99. The van der Waals surface area contributed by atoms with E-state index in [0.29, 0.717) is 24.1 Å². The number of benzene rings is 2. The van der Waals surface area contributed by atoms with Crippen LogP contribution in [0, 0.1) is 5.92 Å². The van der Waals surface area contributed by atoms with Gasteiger partial charge < -0.3 is 14.2 Å². The van der Waals surface area contributed by atoms with Crippen molar-refractivity contribution < 1.29 is 19.0 Å². The van der Waals surface area contributed by atoms with E-state index in [2.05, 4.69) is 35.2 Å². The van der Waals surface area contributed by atoms with Crippen LogP contribution in [0.3, 0.4) is 0 Å². The van der Waals surface area contributed by atoms with Crippen LogP contribution in [0.1, 0.15) is 36.0 Å².